The van der Waals surface area contributed by atoms with Gasteiger partial charge in [-0.3, -0.25) is 4.79 Å². The van der Waals surface area contributed by atoms with Crippen molar-refractivity contribution >= 4 is 28.9 Å². The first-order chi connectivity index (χ1) is 14.4. The van der Waals surface area contributed by atoms with Crippen LogP contribution in [0.3, 0.4) is 0 Å². The molecule has 30 heavy (non-hydrogen) atoms. The van der Waals surface area contributed by atoms with Gasteiger partial charge in [0.05, 0.1) is 5.56 Å². The molecule has 0 spiro atoms. The van der Waals surface area contributed by atoms with Gasteiger partial charge in [0.25, 0.3) is 5.91 Å². The number of amides is 1. The molecule has 2 N–H and O–H groups in total. The van der Waals surface area contributed by atoms with Crippen LogP contribution in [0.2, 0.25) is 5.02 Å². The Balaban J connectivity index is 1.69. The first-order valence-corrected chi connectivity index (χ1v) is 10.4. The van der Waals surface area contributed by atoms with E-state index in [9.17, 15) is 4.79 Å². The molecular weight excluding hydrogens is 394 g/mol. The zero-order valence-corrected chi connectivity index (χ0v) is 18.5. The molecule has 1 amide bonds. The highest BCUT2D eigenvalue weighted by Crippen LogP contribution is 2.21. The molecule has 0 aromatic heterocycles. The summed E-state index contributed by atoms with van der Waals surface area (Å²) in [6.45, 7) is 3.56. The van der Waals surface area contributed by atoms with Crippen molar-refractivity contribution in [3.05, 3.63) is 94.0 Å². The number of anilines is 2. The van der Waals surface area contributed by atoms with E-state index in [1.54, 1.807) is 0 Å². The van der Waals surface area contributed by atoms with Crippen LogP contribution in [0.25, 0.3) is 0 Å². The van der Waals surface area contributed by atoms with Crippen LogP contribution >= 0.6 is 11.6 Å². The summed E-state index contributed by atoms with van der Waals surface area (Å²) in [6.07, 6.45) is 0.846. The van der Waals surface area contributed by atoms with Crippen LogP contribution < -0.4 is 10.6 Å². The fraction of sp³-hybridized carbons (Fsp3) is 0.240. The molecule has 0 aliphatic rings. The monoisotopic (exact) mass is 421 g/mol. The molecule has 3 aromatic carbocycles. The average molecular weight is 422 g/mol. The van der Waals surface area contributed by atoms with Crippen molar-refractivity contribution in [3.8, 4) is 0 Å². The summed E-state index contributed by atoms with van der Waals surface area (Å²) in [5.41, 5.74) is 5.70. The maximum Gasteiger partial charge on any atom is 0.257 e. The van der Waals surface area contributed by atoms with Gasteiger partial charge in [-0.1, -0.05) is 48.0 Å². The number of carbonyl (C=O) groups excluding carboxylic acids is 1. The average Bonchev–Trinajstić information content (AvgIpc) is 2.72. The molecule has 3 rings (SSSR count). The molecule has 156 valence electrons. The zero-order chi connectivity index (χ0) is 21.5. The lowest BCUT2D eigenvalue weighted by atomic mass is 10.1. The molecule has 4 nitrogen and oxygen atoms in total. The SMILES string of the molecule is Cc1ccc(CN(C)C)cc1NC(=O)c1ccccc1NCCc1ccc(Cl)cc1. The number of rotatable bonds is 8. The maximum absolute atomic E-state index is 13.0. The molecule has 0 saturated heterocycles. The predicted molar refractivity (Wildman–Crippen MR) is 127 cm³/mol. The van der Waals surface area contributed by atoms with E-state index in [4.69, 9.17) is 11.6 Å². The van der Waals surface area contributed by atoms with Gasteiger partial charge in [0.1, 0.15) is 0 Å². The zero-order valence-electron chi connectivity index (χ0n) is 17.7. The summed E-state index contributed by atoms with van der Waals surface area (Å²) in [4.78, 5) is 15.1. The Morgan fingerprint density at radius 2 is 1.63 bits per heavy atom. The van der Waals surface area contributed by atoms with Crippen molar-refractivity contribution in [3.63, 3.8) is 0 Å². The van der Waals surface area contributed by atoms with E-state index < -0.39 is 0 Å². The molecule has 0 heterocycles. The second kappa shape index (κ2) is 10.3. The van der Waals surface area contributed by atoms with Gasteiger partial charge in [-0.2, -0.15) is 0 Å². The quantitative estimate of drug-likeness (QED) is 0.496. The lowest BCUT2D eigenvalue weighted by Crippen LogP contribution is -2.17. The smallest absolute Gasteiger partial charge is 0.257 e. The first-order valence-electron chi connectivity index (χ1n) is 10.1. The van der Waals surface area contributed by atoms with Crippen molar-refractivity contribution in [1.82, 2.24) is 4.90 Å². The molecule has 0 radical (unpaired) electrons. The Labute approximate surface area is 183 Å². The molecule has 0 aliphatic heterocycles. The number of hydrogen-bond donors (Lipinski definition) is 2. The number of hydrogen-bond acceptors (Lipinski definition) is 3. The van der Waals surface area contributed by atoms with Crippen LogP contribution in [-0.4, -0.2) is 31.4 Å². The van der Waals surface area contributed by atoms with Gasteiger partial charge in [-0.05, 0) is 74.5 Å². The summed E-state index contributed by atoms with van der Waals surface area (Å²) >= 11 is 5.95. The summed E-state index contributed by atoms with van der Waals surface area (Å²) in [7, 11) is 4.06. The number of para-hydroxylation sites is 1. The summed E-state index contributed by atoms with van der Waals surface area (Å²) < 4.78 is 0. The van der Waals surface area contributed by atoms with Crippen LogP contribution in [0.15, 0.2) is 66.7 Å². The van der Waals surface area contributed by atoms with Gasteiger partial charge in [0, 0.05) is 29.5 Å². The van der Waals surface area contributed by atoms with Gasteiger partial charge in [0.2, 0.25) is 0 Å². The third-order valence-corrected chi connectivity index (χ3v) is 5.12. The molecule has 0 fully saturated rings. The Hall–Kier alpha value is -2.82. The maximum atomic E-state index is 13.0. The fourth-order valence-corrected chi connectivity index (χ4v) is 3.41. The van der Waals surface area contributed by atoms with Crippen LogP contribution in [0.5, 0.6) is 0 Å². The summed E-state index contributed by atoms with van der Waals surface area (Å²) in [6, 6.07) is 21.6. The third-order valence-electron chi connectivity index (χ3n) is 4.86. The minimum atomic E-state index is -0.116. The van der Waals surface area contributed by atoms with Crippen LogP contribution in [0.4, 0.5) is 11.4 Å². The molecule has 0 aliphatic carbocycles. The highest BCUT2D eigenvalue weighted by molar-refractivity contribution is 6.30. The first kappa shape index (κ1) is 21.9. The highest BCUT2D eigenvalue weighted by Gasteiger charge is 2.13. The van der Waals surface area contributed by atoms with E-state index in [1.165, 1.54) is 5.56 Å². The van der Waals surface area contributed by atoms with Crippen molar-refractivity contribution in [2.75, 3.05) is 31.3 Å². The Morgan fingerprint density at radius 3 is 2.37 bits per heavy atom. The highest BCUT2D eigenvalue weighted by atomic mass is 35.5. The molecule has 5 heteroatoms. The third kappa shape index (κ3) is 6.09. The number of nitrogens with zero attached hydrogens (tertiary/aromatic N) is 1. The molecule has 0 atom stereocenters. The number of halogens is 1. The number of benzene rings is 3. The Kier molecular flexibility index (Phi) is 7.50. The molecular formula is C25H28ClN3O. The molecule has 0 saturated carbocycles. The van der Waals surface area contributed by atoms with E-state index in [0.717, 1.165) is 47.0 Å². The minimum Gasteiger partial charge on any atom is -0.384 e. The van der Waals surface area contributed by atoms with E-state index >= 15 is 0 Å². The van der Waals surface area contributed by atoms with Gasteiger partial charge in [-0.25, -0.2) is 0 Å². The number of nitrogens with one attached hydrogen (secondary N) is 2. The molecule has 0 bridgehead atoms. The number of aryl methyl sites for hydroxylation is 1. The second-order valence-electron chi connectivity index (χ2n) is 7.69. The topological polar surface area (TPSA) is 44.4 Å². The van der Waals surface area contributed by atoms with E-state index in [1.807, 2.05) is 81.7 Å². The largest absolute Gasteiger partial charge is 0.384 e. The van der Waals surface area contributed by atoms with Crippen molar-refractivity contribution in [1.29, 1.82) is 0 Å². The fourth-order valence-electron chi connectivity index (χ4n) is 3.28. The van der Waals surface area contributed by atoms with Crippen molar-refractivity contribution in [2.24, 2.45) is 0 Å². The second-order valence-corrected chi connectivity index (χ2v) is 8.13. The standard InChI is InChI=1S/C25H28ClN3O/c1-18-8-9-20(17-29(2)3)16-24(18)28-25(30)22-6-4-5-7-23(22)27-15-14-19-10-12-21(26)13-11-19/h4-13,16,27H,14-15,17H2,1-3H3,(H,28,30). The summed E-state index contributed by atoms with van der Waals surface area (Å²) in [5.74, 6) is -0.116. The van der Waals surface area contributed by atoms with E-state index in [2.05, 4.69) is 21.6 Å². The Bertz CT molecular complexity index is 1000. The molecule has 3 aromatic rings. The van der Waals surface area contributed by atoms with Crippen LogP contribution in [0.1, 0.15) is 27.0 Å². The summed E-state index contributed by atoms with van der Waals surface area (Å²) in [5, 5.41) is 7.21. The van der Waals surface area contributed by atoms with Crippen molar-refractivity contribution in [2.45, 2.75) is 19.9 Å². The normalized spacial score (nSPS) is 10.8. The van der Waals surface area contributed by atoms with E-state index in [0.29, 0.717) is 5.56 Å². The van der Waals surface area contributed by atoms with Gasteiger partial charge in [-0.15, -0.1) is 0 Å². The minimum absolute atomic E-state index is 0.116. The predicted octanol–water partition coefficient (Wildman–Crippen LogP) is 5.62. The Morgan fingerprint density at radius 1 is 0.933 bits per heavy atom. The van der Waals surface area contributed by atoms with Gasteiger partial charge >= 0.3 is 0 Å². The van der Waals surface area contributed by atoms with Crippen LogP contribution in [0, 0.1) is 6.92 Å². The van der Waals surface area contributed by atoms with E-state index in [-0.39, 0.29) is 5.91 Å². The lowest BCUT2D eigenvalue weighted by molar-refractivity contribution is 0.102. The van der Waals surface area contributed by atoms with Gasteiger partial charge < -0.3 is 15.5 Å². The molecule has 0 unspecified atom stereocenters. The van der Waals surface area contributed by atoms with Crippen LogP contribution in [-0.2, 0) is 13.0 Å². The number of carbonyl (C=O) groups is 1. The van der Waals surface area contributed by atoms with Crippen molar-refractivity contribution < 1.29 is 4.79 Å². The van der Waals surface area contributed by atoms with Gasteiger partial charge in [0.15, 0.2) is 0 Å². The lowest BCUT2D eigenvalue weighted by Gasteiger charge is -2.15.